The lowest BCUT2D eigenvalue weighted by Gasteiger charge is -2.11. The fourth-order valence-corrected chi connectivity index (χ4v) is 1.97. The zero-order chi connectivity index (χ0) is 13.7. The first kappa shape index (κ1) is 16.8. The van der Waals surface area contributed by atoms with Crippen molar-refractivity contribution < 1.29 is 9.53 Å². The first-order chi connectivity index (χ1) is 9.19. The number of hydrogen-bond acceptors (Lipinski definition) is 3. The maximum Gasteiger partial charge on any atom is 0.234 e. The van der Waals surface area contributed by atoms with Crippen LogP contribution in [0.5, 0.6) is 5.75 Å². The van der Waals surface area contributed by atoms with Gasteiger partial charge in [-0.3, -0.25) is 4.79 Å². The Balaban J connectivity index is 0.00000200. The van der Waals surface area contributed by atoms with Crippen molar-refractivity contribution in [3.8, 4) is 5.75 Å². The second-order valence-corrected chi connectivity index (χ2v) is 5.17. The molecular weight excluding hydrogens is 276 g/mol. The first-order valence-corrected chi connectivity index (χ1v) is 6.80. The fraction of sp³-hybridized carbons (Fsp3) is 0.533. The van der Waals surface area contributed by atoms with Crippen LogP contribution in [0.2, 0.25) is 0 Å². The van der Waals surface area contributed by atoms with Crippen LogP contribution in [0.1, 0.15) is 24.0 Å². The molecule has 1 aromatic carbocycles. The Hall–Kier alpha value is -1.26. The van der Waals surface area contributed by atoms with Crippen LogP contribution in [0.15, 0.2) is 18.2 Å². The van der Waals surface area contributed by atoms with Crippen LogP contribution >= 0.6 is 12.4 Å². The molecule has 2 N–H and O–H groups in total. The van der Waals surface area contributed by atoms with Gasteiger partial charge < -0.3 is 15.4 Å². The largest absolute Gasteiger partial charge is 0.496 e. The Labute approximate surface area is 126 Å². The summed E-state index contributed by atoms with van der Waals surface area (Å²) in [7, 11) is 1.65. The fourth-order valence-electron chi connectivity index (χ4n) is 1.97. The highest BCUT2D eigenvalue weighted by Gasteiger charge is 2.20. The van der Waals surface area contributed by atoms with Crippen molar-refractivity contribution in [2.75, 3.05) is 20.2 Å². The zero-order valence-electron chi connectivity index (χ0n) is 12.1. The highest BCUT2D eigenvalue weighted by Crippen LogP contribution is 2.27. The van der Waals surface area contributed by atoms with Gasteiger partial charge in [-0.1, -0.05) is 12.1 Å². The maximum absolute atomic E-state index is 11.7. The van der Waals surface area contributed by atoms with Crippen LogP contribution in [-0.4, -0.2) is 26.1 Å². The molecule has 0 aromatic heterocycles. The molecule has 1 aliphatic rings. The van der Waals surface area contributed by atoms with E-state index in [-0.39, 0.29) is 18.3 Å². The second kappa shape index (κ2) is 8.12. The number of halogens is 1. The number of carbonyl (C=O) groups excluding carboxylic acids is 1. The summed E-state index contributed by atoms with van der Waals surface area (Å²) in [5.41, 5.74) is 2.15. The molecule has 0 saturated heterocycles. The summed E-state index contributed by atoms with van der Waals surface area (Å²) in [5.74, 6) is 1.65. The Morgan fingerprint density at radius 2 is 2.15 bits per heavy atom. The predicted molar refractivity (Wildman–Crippen MR) is 82.4 cm³/mol. The summed E-state index contributed by atoms with van der Waals surface area (Å²) in [6, 6.07) is 5.99. The summed E-state index contributed by atoms with van der Waals surface area (Å²) in [6.45, 7) is 3.88. The summed E-state index contributed by atoms with van der Waals surface area (Å²) in [4.78, 5) is 11.7. The molecule has 0 atom stereocenters. The Morgan fingerprint density at radius 1 is 1.40 bits per heavy atom. The molecule has 4 nitrogen and oxygen atoms in total. The number of benzene rings is 1. The molecule has 1 fully saturated rings. The monoisotopic (exact) mass is 298 g/mol. The third-order valence-electron chi connectivity index (χ3n) is 3.33. The van der Waals surface area contributed by atoms with Crippen LogP contribution in [0.4, 0.5) is 0 Å². The number of amides is 1. The van der Waals surface area contributed by atoms with E-state index in [1.807, 2.05) is 25.1 Å². The first-order valence-electron chi connectivity index (χ1n) is 6.80. The lowest BCUT2D eigenvalue weighted by atomic mass is 10.1. The van der Waals surface area contributed by atoms with Gasteiger partial charge >= 0.3 is 0 Å². The number of rotatable bonds is 7. The Bertz CT molecular complexity index is 447. The molecule has 0 radical (unpaired) electrons. The molecule has 1 saturated carbocycles. The molecule has 0 aliphatic heterocycles. The highest BCUT2D eigenvalue weighted by molar-refractivity contribution is 5.85. The van der Waals surface area contributed by atoms with Crippen molar-refractivity contribution in [1.29, 1.82) is 0 Å². The van der Waals surface area contributed by atoms with E-state index in [0.29, 0.717) is 13.1 Å². The van der Waals surface area contributed by atoms with Gasteiger partial charge in [0.1, 0.15) is 5.75 Å². The smallest absolute Gasteiger partial charge is 0.234 e. The van der Waals surface area contributed by atoms with E-state index in [1.165, 1.54) is 12.8 Å². The molecule has 20 heavy (non-hydrogen) atoms. The number of methoxy groups -OCH3 is 1. The summed E-state index contributed by atoms with van der Waals surface area (Å²) in [6.07, 6.45) is 2.60. The van der Waals surface area contributed by atoms with Crippen LogP contribution in [0.3, 0.4) is 0 Å². The average Bonchev–Trinajstić information content (AvgIpc) is 3.21. The molecule has 0 heterocycles. The van der Waals surface area contributed by atoms with Crippen molar-refractivity contribution in [3.63, 3.8) is 0 Å². The van der Waals surface area contributed by atoms with Gasteiger partial charge in [-0.25, -0.2) is 0 Å². The minimum Gasteiger partial charge on any atom is -0.496 e. The lowest BCUT2D eigenvalue weighted by molar-refractivity contribution is -0.120. The third-order valence-corrected chi connectivity index (χ3v) is 3.33. The summed E-state index contributed by atoms with van der Waals surface area (Å²) >= 11 is 0. The van der Waals surface area contributed by atoms with Crippen molar-refractivity contribution in [3.05, 3.63) is 29.3 Å². The van der Waals surface area contributed by atoms with E-state index >= 15 is 0 Å². The number of ether oxygens (including phenoxy) is 1. The van der Waals surface area contributed by atoms with Gasteiger partial charge in [0.15, 0.2) is 0 Å². The minimum atomic E-state index is 0. The molecule has 1 aromatic rings. The van der Waals surface area contributed by atoms with Crippen molar-refractivity contribution in [2.24, 2.45) is 5.92 Å². The summed E-state index contributed by atoms with van der Waals surface area (Å²) in [5, 5.41) is 6.08. The molecule has 5 heteroatoms. The van der Waals surface area contributed by atoms with Crippen LogP contribution < -0.4 is 15.4 Å². The Morgan fingerprint density at radius 3 is 2.80 bits per heavy atom. The molecule has 0 unspecified atom stereocenters. The van der Waals surface area contributed by atoms with E-state index in [4.69, 9.17) is 4.74 Å². The molecule has 1 aliphatic carbocycles. The standard InChI is InChI=1S/C15H22N2O2.ClH/c1-11-3-6-13(14(7-11)19-2)9-17-15(18)10-16-8-12-4-5-12;/h3,6-7,12,16H,4-5,8-10H2,1-2H3,(H,17,18);1H. The molecule has 1 amide bonds. The number of carbonyl (C=O) groups is 1. The number of nitrogens with one attached hydrogen (secondary N) is 2. The van der Waals surface area contributed by atoms with E-state index in [9.17, 15) is 4.79 Å². The maximum atomic E-state index is 11.7. The highest BCUT2D eigenvalue weighted by atomic mass is 35.5. The minimum absolute atomic E-state index is 0. The van der Waals surface area contributed by atoms with E-state index < -0.39 is 0 Å². The Kier molecular flexibility index (Phi) is 6.82. The summed E-state index contributed by atoms with van der Waals surface area (Å²) < 4.78 is 5.31. The molecule has 2 rings (SSSR count). The quantitative estimate of drug-likeness (QED) is 0.810. The predicted octanol–water partition coefficient (Wildman–Crippen LogP) is 2.04. The van der Waals surface area contributed by atoms with Crippen molar-refractivity contribution >= 4 is 18.3 Å². The number of hydrogen-bond donors (Lipinski definition) is 2. The van der Waals surface area contributed by atoms with E-state index in [2.05, 4.69) is 10.6 Å². The van der Waals surface area contributed by atoms with Gasteiger partial charge in [0.05, 0.1) is 13.7 Å². The van der Waals surface area contributed by atoms with Gasteiger partial charge in [-0.15, -0.1) is 12.4 Å². The van der Waals surface area contributed by atoms with Crippen LogP contribution in [0.25, 0.3) is 0 Å². The lowest BCUT2D eigenvalue weighted by Crippen LogP contribution is -2.34. The number of aryl methyl sites for hydroxylation is 1. The molecular formula is C15H23ClN2O2. The zero-order valence-corrected chi connectivity index (χ0v) is 12.9. The molecule has 0 spiro atoms. The average molecular weight is 299 g/mol. The van der Waals surface area contributed by atoms with Gasteiger partial charge in [-0.2, -0.15) is 0 Å². The van der Waals surface area contributed by atoms with E-state index in [1.54, 1.807) is 7.11 Å². The van der Waals surface area contributed by atoms with Crippen LogP contribution in [-0.2, 0) is 11.3 Å². The topological polar surface area (TPSA) is 50.4 Å². The van der Waals surface area contributed by atoms with Gasteiger partial charge in [0.2, 0.25) is 5.91 Å². The normalized spacial score (nSPS) is 13.5. The van der Waals surface area contributed by atoms with Crippen molar-refractivity contribution in [2.45, 2.75) is 26.3 Å². The third kappa shape index (κ3) is 5.39. The van der Waals surface area contributed by atoms with Gasteiger partial charge in [0, 0.05) is 12.1 Å². The van der Waals surface area contributed by atoms with Crippen molar-refractivity contribution in [1.82, 2.24) is 10.6 Å². The molecule has 112 valence electrons. The van der Waals surface area contributed by atoms with E-state index in [0.717, 1.165) is 29.3 Å². The molecule has 0 bridgehead atoms. The van der Waals surface area contributed by atoms with Crippen LogP contribution in [0, 0.1) is 12.8 Å². The SMILES string of the molecule is COc1cc(C)ccc1CNC(=O)CNCC1CC1.Cl. The second-order valence-electron chi connectivity index (χ2n) is 5.17. The van der Waals surface area contributed by atoms with Gasteiger partial charge in [-0.05, 0) is 43.9 Å². The van der Waals surface area contributed by atoms with Gasteiger partial charge in [0.25, 0.3) is 0 Å².